The van der Waals surface area contributed by atoms with Crippen molar-refractivity contribution in [3.8, 4) is 6.07 Å². The Balaban J connectivity index is 1.96. The number of benzene rings is 1. The maximum absolute atomic E-state index is 13.5. The fraction of sp³-hybridized carbons (Fsp3) is 0.391. The summed E-state index contributed by atoms with van der Waals surface area (Å²) >= 11 is 15.9. The molecule has 1 atom stereocenters. The number of nitriles is 1. The summed E-state index contributed by atoms with van der Waals surface area (Å²) in [6.07, 6.45) is 0.950. The monoisotopic (exact) mass is 519 g/mol. The highest BCUT2D eigenvalue weighted by Crippen LogP contribution is 2.52. The summed E-state index contributed by atoms with van der Waals surface area (Å²) in [6.45, 7) is 8.26. The number of hydrogen-bond donors (Lipinski definition) is 1. The number of anilines is 1. The Morgan fingerprint density at radius 2 is 2.03 bits per heavy atom. The third-order valence-electron chi connectivity index (χ3n) is 5.60. The van der Waals surface area contributed by atoms with Crippen molar-refractivity contribution in [3.63, 3.8) is 0 Å². The predicted molar refractivity (Wildman–Crippen MR) is 134 cm³/mol. The summed E-state index contributed by atoms with van der Waals surface area (Å²) in [5.41, 5.74) is 8.46. The Bertz CT molecular complexity index is 1240. The molecule has 0 bridgehead atoms. The van der Waals surface area contributed by atoms with E-state index in [2.05, 4.69) is 30.1 Å². The molecule has 0 saturated heterocycles. The van der Waals surface area contributed by atoms with Gasteiger partial charge >= 0.3 is 0 Å². The van der Waals surface area contributed by atoms with Crippen LogP contribution in [0.5, 0.6) is 0 Å². The van der Waals surface area contributed by atoms with Crippen LogP contribution in [0.15, 0.2) is 45.2 Å². The molecule has 2 heterocycles. The second-order valence-corrected chi connectivity index (χ2v) is 12.7. The van der Waals surface area contributed by atoms with E-state index in [4.69, 9.17) is 28.9 Å². The van der Waals surface area contributed by atoms with Crippen molar-refractivity contribution in [1.82, 2.24) is 10.2 Å². The first-order valence-electron chi connectivity index (χ1n) is 10.4. The minimum Gasteiger partial charge on any atom is -0.384 e. The summed E-state index contributed by atoms with van der Waals surface area (Å²) in [6, 6.07) is 7.47. The summed E-state index contributed by atoms with van der Waals surface area (Å²) in [7, 11) is 0. The molecule has 6 nitrogen and oxygen atoms in total. The molecule has 4 rings (SSSR count). The molecular weight excluding hydrogens is 497 g/mol. The largest absolute Gasteiger partial charge is 0.384 e. The maximum atomic E-state index is 13.5. The summed E-state index contributed by atoms with van der Waals surface area (Å²) in [5.74, 6) is -0.484. The minimum atomic E-state index is -0.687. The molecule has 2 aromatic rings. The van der Waals surface area contributed by atoms with Gasteiger partial charge in [-0.15, -0.1) is 10.2 Å². The van der Waals surface area contributed by atoms with Crippen LogP contribution in [0.3, 0.4) is 0 Å². The smallest absolute Gasteiger partial charge is 0.219 e. The van der Waals surface area contributed by atoms with Crippen LogP contribution in [-0.4, -0.2) is 21.2 Å². The Kier molecular flexibility index (Phi) is 6.53. The highest BCUT2D eigenvalue weighted by Gasteiger charge is 2.46. The summed E-state index contributed by atoms with van der Waals surface area (Å²) < 4.78 is 0.801. The molecule has 1 aliphatic heterocycles. The number of hydrogen-bond acceptors (Lipinski definition) is 8. The topological polar surface area (TPSA) is 95.9 Å². The highest BCUT2D eigenvalue weighted by atomic mass is 35.5. The van der Waals surface area contributed by atoms with Crippen LogP contribution in [0.25, 0.3) is 0 Å². The van der Waals surface area contributed by atoms with Crippen molar-refractivity contribution in [2.45, 2.75) is 56.0 Å². The number of rotatable bonds is 4. The average Bonchev–Trinajstić information content (AvgIpc) is 3.15. The lowest BCUT2D eigenvalue weighted by atomic mass is 9.68. The average molecular weight is 521 g/mol. The zero-order valence-corrected chi connectivity index (χ0v) is 21.8. The lowest BCUT2D eigenvalue weighted by molar-refractivity contribution is -0.118. The van der Waals surface area contributed by atoms with Crippen molar-refractivity contribution in [1.29, 1.82) is 5.26 Å². The molecule has 2 aliphatic rings. The third kappa shape index (κ3) is 4.40. The number of Topliss-reactive ketones (excluding diaryl/α,β-unsaturated/α-hetero) is 1. The second-order valence-electron chi connectivity index (χ2n) is 9.14. The van der Waals surface area contributed by atoms with Gasteiger partial charge in [-0.25, -0.2) is 0 Å². The van der Waals surface area contributed by atoms with E-state index in [0.29, 0.717) is 44.4 Å². The number of halogens is 2. The quantitative estimate of drug-likeness (QED) is 0.474. The van der Waals surface area contributed by atoms with E-state index in [1.165, 1.54) is 11.3 Å². The molecule has 1 aromatic carbocycles. The van der Waals surface area contributed by atoms with E-state index in [9.17, 15) is 10.1 Å². The van der Waals surface area contributed by atoms with Crippen molar-refractivity contribution in [2.24, 2.45) is 11.1 Å². The third-order valence-corrected chi connectivity index (χ3v) is 8.43. The number of nitrogens with two attached hydrogens (primary N) is 1. The summed E-state index contributed by atoms with van der Waals surface area (Å²) in [5, 5.41) is 20.4. The molecule has 0 fully saturated rings. The minimum absolute atomic E-state index is 0.0335. The molecule has 1 aliphatic carbocycles. The fourth-order valence-electron chi connectivity index (χ4n) is 4.32. The van der Waals surface area contributed by atoms with Crippen molar-refractivity contribution < 1.29 is 4.79 Å². The van der Waals surface area contributed by atoms with Crippen LogP contribution in [0.2, 0.25) is 10.0 Å². The van der Waals surface area contributed by atoms with Crippen LogP contribution < -0.4 is 10.6 Å². The zero-order valence-electron chi connectivity index (χ0n) is 18.6. The zero-order chi connectivity index (χ0) is 24.1. The van der Waals surface area contributed by atoms with E-state index < -0.39 is 5.92 Å². The van der Waals surface area contributed by atoms with Crippen molar-refractivity contribution in [2.75, 3.05) is 4.90 Å². The van der Waals surface area contributed by atoms with E-state index in [-0.39, 0.29) is 22.6 Å². The van der Waals surface area contributed by atoms with Crippen LogP contribution in [0, 0.1) is 16.7 Å². The van der Waals surface area contributed by atoms with Gasteiger partial charge in [0.1, 0.15) is 5.82 Å². The Morgan fingerprint density at radius 3 is 2.70 bits per heavy atom. The van der Waals surface area contributed by atoms with Crippen molar-refractivity contribution in [3.05, 3.63) is 56.5 Å². The van der Waals surface area contributed by atoms with E-state index in [0.717, 1.165) is 10.0 Å². The molecule has 0 amide bonds. The molecule has 172 valence electrons. The Hall–Kier alpha value is -2.05. The van der Waals surface area contributed by atoms with Crippen molar-refractivity contribution >= 4 is 57.2 Å². The normalized spacial score (nSPS) is 20.4. The van der Waals surface area contributed by atoms with Crippen LogP contribution in [-0.2, 0) is 4.79 Å². The standard InChI is InChI=1S/C23H23Cl2N5OS2/c1-11(2)32-22-29-28-21(33-22)30-15-8-23(3,4)9-16(31)18(15)17(13(10-26)20(30)27)12-6-5-7-14(24)19(12)25/h5-7,11,17H,8-9,27H2,1-4H3. The van der Waals surface area contributed by atoms with Gasteiger partial charge in [-0.1, -0.05) is 86.1 Å². The Labute approximate surface area is 211 Å². The first kappa shape index (κ1) is 24.1. The number of thioether (sulfide) groups is 1. The van der Waals surface area contributed by atoms with Gasteiger partial charge in [0.2, 0.25) is 5.13 Å². The molecule has 0 saturated carbocycles. The SMILES string of the molecule is CC(C)Sc1nnc(N2C(N)=C(C#N)C(c3cccc(Cl)c3Cl)C3=C2CC(C)(C)CC3=O)s1. The molecular formula is C23H23Cl2N5OS2. The number of nitrogens with zero attached hydrogens (tertiary/aromatic N) is 4. The molecule has 1 aromatic heterocycles. The van der Waals surface area contributed by atoms with Gasteiger partial charge in [-0.3, -0.25) is 9.69 Å². The fourth-order valence-corrected chi connectivity index (χ4v) is 6.84. The summed E-state index contributed by atoms with van der Waals surface area (Å²) in [4.78, 5) is 15.3. The van der Waals surface area contributed by atoms with E-state index in [1.54, 1.807) is 34.9 Å². The lowest BCUT2D eigenvalue weighted by Crippen LogP contribution is -2.42. The van der Waals surface area contributed by atoms with Gasteiger partial charge in [-0.2, -0.15) is 5.26 Å². The van der Waals surface area contributed by atoms with Gasteiger partial charge < -0.3 is 5.73 Å². The second kappa shape index (κ2) is 8.95. The molecule has 0 radical (unpaired) electrons. The van der Waals surface area contributed by atoms with Crippen LogP contribution >= 0.6 is 46.3 Å². The number of carbonyl (C=O) groups excluding carboxylic acids is 1. The molecule has 10 heteroatoms. The van der Waals surface area contributed by atoms with Crippen LogP contribution in [0.1, 0.15) is 52.0 Å². The number of aromatic nitrogens is 2. The van der Waals surface area contributed by atoms with E-state index >= 15 is 0 Å². The first-order chi connectivity index (χ1) is 15.5. The molecule has 2 N–H and O–H groups in total. The van der Waals surface area contributed by atoms with Gasteiger partial charge in [-0.05, 0) is 23.5 Å². The van der Waals surface area contributed by atoms with Gasteiger partial charge in [0.05, 0.1) is 27.6 Å². The molecule has 33 heavy (non-hydrogen) atoms. The predicted octanol–water partition coefficient (Wildman–Crippen LogP) is 6.29. The maximum Gasteiger partial charge on any atom is 0.219 e. The number of carbonyl (C=O) groups is 1. The lowest BCUT2D eigenvalue weighted by Gasteiger charge is -2.42. The van der Waals surface area contributed by atoms with Gasteiger partial charge in [0.15, 0.2) is 10.1 Å². The van der Waals surface area contributed by atoms with E-state index in [1.807, 2.05) is 13.8 Å². The van der Waals surface area contributed by atoms with Gasteiger partial charge in [0, 0.05) is 22.9 Å². The number of allylic oxidation sites excluding steroid dienone is 3. The van der Waals surface area contributed by atoms with Crippen LogP contribution in [0.4, 0.5) is 5.13 Å². The van der Waals surface area contributed by atoms with Gasteiger partial charge in [0.25, 0.3) is 0 Å². The number of ketones is 1. The molecule has 0 spiro atoms. The highest BCUT2D eigenvalue weighted by molar-refractivity contribution is 8.01. The first-order valence-corrected chi connectivity index (χ1v) is 12.9. The molecule has 1 unspecified atom stereocenters. The Morgan fingerprint density at radius 1 is 1.30 bits per heavy atom.